The van der Waals surface area contributed by atoms with Gasteiger partial charge in [0.2, 0.25) is 0 Å². The summed E-state index contributed by atoms with van der Waals surface area (Å²) in [4.78, 5) is 13.0. The third-order valence-corrected chi connectivity index (χ3v) is 5.76. The van der Waals surface area contributed by atoms with Gasteiger partial charge in [0.1, 0.15) is 5.76 Å². The molecule has 3 unspecified atom stereocenters. The van der Waals surface area contributed by atoms with Gasteiger partial charge in [-0.05, 0) is 43.9 Å². The van der Waals surface area contributed by atoms with Crippen molar-refractivity contribution in [3.8, 4) is 0 Å². The third kappa shape index (κ3) is 1.88. The largest absolute Gasteiger partial charge is 0.511 e. The maximum Gasteiger partial charge on any atom is 0.173 e. The fourth-order valence-corrected chi connectivity index (χ4v) is 4.97. The molecule has 0 spiro atoms. The molecule has 1 aromatic carbocycles. The fraction of sp³-hybridized carbons (Fsp3) is 0.526. The number of carbonyl (C=O) groups excluding carboxylic acids is 1. The highest BCUT2D eigenvalue weighted by Crippen LogP contribution is 2.55. The number of ketones is 1. The molecule has 4 nitrogen and oxygen atoms in total. The van der Waals surface area contributed by atoms with E-state index in [4.69, 9.17) is 4.74 Å². The van der Waals surface area contributed by atoms with E-state index in [9.17, 15) is 15.0 Å². The second kappa shape index (κ2) is 4.92. The summed E-state index contributed by atoms with van der Waals surface area (Å²) in [6, 6.07) is 4.09. The first kappa shape index (κ1) is 14.9. The highest BCUT2D eigenvalue weighted by atomic mass is 16.5. The van der Waals surface area contributed by atoms with Crippen LogP contribution in [0.25, 0.3) is 5.57 Å². The Morgan fingerprint density at radius 3 is 2.43 bits per heavy atom. The Balaban J connectivity index is 1.83. The Labute approximate surface area is 135 Å². The van der Waals surface area contributed by atoms with E-state index < -0.39 is 0 Å². The molecule has 4 rings (SSSR count). The molecule has 0 saturated carbocycles. The van der Waals surface area contributed by atoms with Crippen LogP contribution in [0, 0.1) is 38.5 Å². The number of hydrogen-bond acceptors (Lipinski definition) is 4. The van der Waals surface area contributed by atoms with Crippen molar-refractivity contribution in [3.05, 3.63) is 40.1 Å². The van der Waals surface area contributed by atoms with Gasteiger partial charge in [0.15, 0.2) is 5.78 Å². The van der Waals surface area contributed by atoms with Crippen LogP contribution in [0.2, 0.25) is 0 Å². The van der Waals surface area contributed by atoms with Gasteiger partial charge >= 0.3 is 0 Å². The monoisotopic (exact) mass is 314 g/mol. The maximum atomic E-state index is 13.0. The van der Waals surface area contributed by atoms with Crippen LogP contribution in [-0.2, 0) is 9.53 Å². The Morgan fingerprint density at radius 2 is 1.83 bits per heavy atom. The lowest BCUT2D eigenvalue weighted by Gasteiger charge is -2.25. The molecule has 3 aliphatic rings. The summed E-state index contributed by atoms with van der Waals surface area (Å²) in [7, 11) is 0. The number of rotatable bonds is 2. The summed E-state index contributed by atoms with van der Waals surface area (Å²) in [5.74, 6) is -0.366. The second-order valence-corrected chi connectivity index (χ2v) is 7.27. The molecule has 0 amide bonds. The Bertz CT molecular complexity index is 710. The van der Waals surface area contributed by atoms with Crippen molar-refractivity contribution >= 4 is 11.4 Å². The van der Waals surface area contributed by atoms with Gasteiger partial charge in [0.25, 0.3) is 0 Å². The van der Waals surface area contributed by atoms with Gasteiger partial charge in [0.05, 0.1) is 29.6 Å². The van der Waals surface area contributed by atoms with Gasteiger partial charge in [-0.25, -0.2) is 0 Å². The van der Waals surface area contributed by atoms with Gasteiger partial charge in [-0.3, -0.25) is 4.79 Å². The summed E-state index contributed by atoms with van der Waals surface area (Å²) in [6.45, 7) is 6.05. The minimum Gasteiger partial charge on any atom is -0.511 e. The molecule has 23 heavy (non-hydrogen) atoms. The molecule has 1 aliphatic carbocycles. The van der Waals surface area contributed by atoms with Crippen molar-refractivity contribution in [2.45, 2.75) is 39.4 Å². The number of hydrogen-bond donors (Lipinski definition) is 2. The molecule has 0 aromatic heterocycles. The normalized spacial score (nSPS) is 35.3. The number of aryl methyl sites for hydroxylation is 3. The predicted molar refractivity (Wildman–Crippen MR) is 86.0 cm³/mol. The van der Waals surface area contributed by atoms with Crippen LogP contribution in [0.3, 0.4) is 0 Å². The number of ether oxygens (including phenoxy) is 1. The second-order valence-electron chi connectivity index (χ2n) is 7.27. The van der Waals surface area contributed by atoms with Gasteiger partial charge in [0, 0.05) is 12.5 Å². The van der Waals surface area contributed by atoms with Crippen LogP contribution in [0.15, 0.2) is 17.9 Å². The average Bonchev–Trinajstić information content (AvgIpc) is 3.12. The van der Waals surface area contributed by atoms with E-state index in [-0.39, 0.29) is 48.1 Å². The number of fused-ring (bicyclic) bond motifs is 5. The van der Waals surface area contributed by atoms with Crippen molar-refractivity contribution in [1.82, 2.24) is 0 Å². The first-order chi connectivity index (χ1) is 10.9. The van der Waals surface area contributed by atoms with Crippen molar-refractivity contribution in [1.29, 1.82) is 0 Å². The van der Waals surface area contributed by atoms with Crippen LogP contribution in [0.4, 0.5) is 0 Å². The number of aliphatic hydroxyl groups is 2. The molecule has 2 fully saturated rings. The molecule has 1 aromatic rings. The van der Waals surface area contributed by atoms with E-state index in [1.54, 1.807) is 0 Å². The van der Waals surface area contributed by atoms with Gasteiger partial charge in [-0.15, -0.1) is 0 Å². The average molecular weight is 314 g/mol. The topological polar surface area (TPSA) is 66.8 Å². The van der Waals surface area contributed by atoms with Gasteiger partial charge in [-0.1, -0.05) is 17.7 Å². The molecule has 2 aliphatic heterocycles. The quantitative estimate of drug-likeness (QED) is 0.880. The molecule has 2 N–H and O–H groups in total. The van der Waals surface area contributed by atoms with Gasteiger partial charge < -0.3 is 14.9 Å². The molecule has 0 radical (unpaired) electrons. The minimum absolute atomic E-state index is 0.00597. The highest BCUT2D eigenvalue weighted by molar-refractivity contribution is 6.26. The van der Waals surface area contributed by atoms with E-state index in [1.807, 2.05) is 32.9 Å². The molecule has 5 atom stereocenters. The first-order valence-electron chi connectivity index (χ1n) is 8.26. The fourth-order valence-electron chi connectivity index (χ4n) is 4.97. The third-order valence-electron chi connectivity index (χ3n) is 5.76. The van der Waals surface area contributed by atoms with Crippen LogP contribution < -0.4 is 0 Å². The summed E-state index contributed by atoms with van der Waals surface area (Å²) in [5.41, 5.74) is 4.53. The lowest BCUT2D eigenvalue weighted by molar-refractivity contribution is -0.118. The molecule has 122 valence electrons. The first-order valence-corrected chi connectivity index (χ1v) is 8.26. The van der Waals surface area contributed by atoms with E-state index >= 15 is 0 Å². The maximum absolute atomic E-state index is 13.0. The molecule has 2 heterocycles. The minimum atomic E-state index is -0.284. The molecule has 4 heteroatoms. The lowest BCUT2D eigenvalue weighted by atomic mass is 9.75. The van der Waals surface area contributed by atoms with Crippen molar-refractivity contribution in [3.63, 3.8) is 0 Å². The molecule has 2 bridgehead atoms. The van der Waals surface area contributed by atoms with Crippen LogP contribution in [0.1, 0.15) is 28.7 Å². The zero-order valence-electron chi connectivity index (χ0n) is 13.7. The van der Waals surface area contributed by atoms with Gasteiger partial charge in [-0.2, -0.15) is 0 Å². The Kier molecular flexibility index (Phi) is 3.19. The zero-order chi connectivity index (χ0) is 16.5. The SMILES string of the molecule is Cc1cc(C)c(C2=C(O)[C@@H]3C4OC(CC4CO)[C@@H]3C2=O)c(C)c1. The Hall–Kier alpha value is -1.65. The van der Waals surface area contributed by atoms with E-state index in [1.165, 1.54) is 0 Å². The van der Waals surface area contributed by atoms with Crippen LogP contribution >= 0.6 is 0 Å². The number of allylic oxidation sites excluding steroid dienone is 1. The number of Topliss-reactive ketones (excluding diaryl/α,β-unsaturated/α-hetero) is 1. The van der Waals surface area contributed by atoms with Crippen molar-refractivity contribution < 1.29 is 19.7 Å². The molecular formula is C19H22O4. The van der Waals surface area contributed by atoms with Crippen molar-refractivity contribution in [2.24, 2.45) is 17.8 Å². The van der Waals surface area contributed by atoms with Crippen LogP contribution in [0.5, 0.6) is 0 Å². The standard InChI is InChI=1S/C19H22O4/c1-8-4-9(2)13(10(3)5-8)15-17(21)14-12-6-11(7-20)19(23-12)16(14)18(15)22/h4-5,11-12,14,16,19-20,22H,6-7H2,1-3H3/t11?,12?,14-,16+,19?/m0/s1. The predicted octanol–water partition coefficient (Wildman–Crippen LogP) is 2.48. The van der Waals surface area contributed by atoms with Crippen LogP contribution in [-0.4, -0.2) is 34.8 Å². The summed E-state index contributed by atoms with van der Waals surface area (Å²) >= 11 is 0. The summed E-state index contributed by atoms with van der Waals surface area (Å²) < 4.78 is 5.87. The van der Waals surface area contributed by atoms with E-state index in [2.05, 4.69) is 0 Å². The summed E-state index contributed by atoms with van der Waals surface area (Å²) in [5, 5.41) is 20.3. The number of aliphatic hydroxyl groups excluding tert-OH is 2. The van der Waals surface area contributed by atoms with E-state index in [0.717, 1.165) is 22.3 Å². The summed E-state index contributed by atoms with van der Waals surface area (Å²) in [6.07, 6.45) is 0.309. The molecule has 2 saturated heterocycles. The lowest BCUT2D eigenvalue weighted by Crippen LogP contribution is -2.35. The van der Waals surface area contributed by atoms with E-state index in [0.29, 0.717) is 12.0 Å². The zero-order valence-corrected chi connectivity index (χ0v) is 13.7. The Morgan fingerprint density at radius 1 is 1.17 bits per heavy atom. The number of benzene rings is 1. The molecular weight excluding hydrogens is 292 g/mol. The smallest absolute Gasteiger partial charge is 0.173 e. The van der Waals surface area contributed by atoms with Crippen molar-refractivity contribution in [2.75, 3.05) is 6.61 Å². The highest BCUT2D eigenvalue weighted by Gasteiger charge is 2.62. The number of carbonyl (C=O) groups is 1.